The van der Waals surface area contributed by atoms with Crippen molar-refractivity contribution in [1.82, 2.24) is 9.78 Å². The Kier molecular flexibility index (Phi) is 6.11. The first-order valence-electron chi connectivity index (χ1n) is 5.77. The van der Waals surface area contributed by atoms with Gasteiger partial charge in [-0.05, 0) is 13.8 Å². The summed E-state index contributed by atoms with van der Waals surface area (Å²) in [5.74, 6) is 0. The second-order valence-corrected chi connectivity index (χ2v) is 4.36. The minimum Gasteiger partial charge on any atom is -0.394 e. The zero-order valence-corrected chi connectivity index (χ0v) is 11.3. The van der Waals surface area contributed by atoms with Gasteiger partial charge in [0.25, 0.3) is 5.56 Å². The lowest BCUT2D eigenvalue weighted by Gasteiger charge is -2.12. The summed E-state index contributed by atoms with van der Waals surface area (Å²) in [5.41, 5.74) is 0.180. The van der Waals surface area contributed by atoms with E-state index in [1.165, 1.54) is 10.9 Å². The van der Waals surface area contributed by atoms with Gasteiger partial charge in [0.1, 0.15) is 5.02 Å². The summed E-state index contributed by atoms with van der Waals surface area (Å²) < 4.78 is 6.41. The molecule has 0 aliphatic rings. The number of halogens is 1. The maximum Gasteiger partial charge on any atom is 0.287 e. The van der Waals surface area contributed by atoms with E-state index in [2.05, 4.69) is 10.4 Å². The summed E-state index contributed by atoms with van der Waals surface area (Å²) in [5, 5.41) is 15.6. The van der Waals surface area contributed by atoms with Gasteiger partial charge in [0.15, 0.2) is 0 Å². The van der Waals surface area contributed by atoms with Crippen LogP contribution in [0.15, 0.2) is 11.0 Å². The van der Waals surface area contributed by atoms with Crippen LogP contribution in [0.25, 0.3) is 0 Å². The molecule has 0 saturated carbocycles. The van der Waals surface area contributed by atoms with E-state index in [0.29, 0.717) is 25.4 Å². The van der Waals surface area contributed by atoms with Crippen molar-refractivity contribution in [1.29, 1.82) is 0 Å². The second kappa shape index (κ2) is 7.35. The van der Waals surface area contributed by atoms with Crippen molar-refractivity contribution in [2.75, 3.05) is 31.7 Å². The first-order chi connectivity index (χ1) is 8.57. The first-order valence-corrected chi connectivity index (χ1v) is 6.15. The van der Waals surface area contributed by atoms with Gasteiger partial charge in [-0.15, -0.1) is 0 Å². The first kappa shape index (κ1) is 14.9. The number of aromatic nitrogens is 2. The standard InChI is InChI=1S/C11H18ClN3O3/c1-8(2)15-11(17)10(12)9(7-14-15)13-3-5-18-6-4-16/h7-8,13,16H,3-6H2,1-2H3. The van der Waals surface area contributed by atoms with E-state index < -0.39 is 0 Å². The molecule has 0 fully saturated rings. The minimum absolute atomic E-state index is 0.00720. The van der Waals surface area contributed by atoms with E-state index in [4.69, 9.17) is 21.4 Å². The third-order valence-electron chi connectivity index (χ3n) is 2.23. The minimum atomic E-state index is -0.312. The zero-order valence-electron chi connectivity index (χ0n) is 10.5. The maximum absolute atomic E-state index is 11.8. The van der Waals surface area contributed by atoms with Crippen molar-refractivity contribution in [3.63, 3.8) is 0 Å². The third-order valence-corrected chi connectivity index (χ3v) is 2.60. The highest BCUT2D eigenvalue weighted by Crippen LogP contribution is 2.15. The fourth-order valence-corrected chi connectivity index (χ4v) is 1.56. The Balaban J connectivity index is 2.63. The molecule has 1 rings (SSSR count). The largest absolute Gasteiger partial charge is 0.394 e. The van der Waals surface area contributed by atoms with Gasteiger partial charge in [0.2, 0.25) is 0 Å². The Morgan fingerprint density at radius 1 is 1.56 bits per heavy atom. The number of aliphatic hydroxyl groups is 1. The molecule has 1 aromatic rings. The van der Waals surface area contributed by atoms with Crippen LogP contribution in [0.4, 0.5) is 5.69 Å². The van der Waals surface area contributed by atoms with E-state index in [9.17, 15) is 4.79 Å². The fraction of sp³-hybridized carbons (Fsp3) is 0.636. The van der Waals surface area contributed by atoms with Crippen molar-refractivity contribution < 1.29 is 9.84 Å². The number of ether oxygens (including phenoxy) is 1. The molecule has 0 bridgehead atoms. The molecule has 18 heavy (non-hydrogen) atoms. The smallest absolute Gasteiger partial charge is 0.287 e. The van der Waals surface area contributed by atoms with Crippen molar-refractivity contribution in [2.45, 2.75) is 19.9 Å². The quantitative estimate of drug-likeness (QED) is 0.723. The Bertz CT molecular complexity index is 434. The van der Waals surface area contributed by atoms with Gasteiger partial charge in [-0.25, -0.2) is 4.68 Å². The Hall–Kier alpha value is -1.11. The monoisotopic (exact) mass is 275 g/mol. The molecular weight excluding hydrogens is 258 g/mol. The summed E-state index contributed by atoms with van der Waals surface area (Å²) in [6.45, 7) is 4.92. The summed E-state index contributed by atoms with van der Waals surface area (Å²) in [7, 11) is 0. The molecule has 1 aromatic heterocycles. The number of aliphatic hydroxyl groups excluding tert-OH is 1. The topological polar surface area (TPSA) is 76.4 Å². The van der Waals surface area contributed by atoms with Crippen LogP contribution in [-0.4, -0.2) is 41.3 Å². The predicted molar refractivity (Wildman–Crippen MR) is 70.3 cm³/mol. The van der Waals surface area contributed by atoms with E-state index in [1.807, 2.05) is 13.8 Å². The lowest BCUT2D eigenvalue weighted by atomic mass is 10.4. The van der Waals surface area contributed by atoms with Gasteiger partial charge in [0, 0.05) is 6.54 Å². The van der Waals surface area contributed by atoms with Gasteiger partial charge in [-0.1, -0.05) is 11.6 Å². The molecule has 0 aliphatic carbocycles. The van der Waals surface area contributed by atoms with Crippen LogP contribution in [0.2, 0.25) is 5.02 Å². The molecule has 0 radical (unpaired) electrons. The molecule has 0 aliphatic heterocycles. The fourth-order valence-electron chi connectivity index (χ4n) is 1.36. The molecular formula is C11H18ClN3O3. The van der Waals surface area contributed by atoms with Gasteiger partial charge in [-0.2, -0.15) is 5.10 Å². The average Bonchev–Trinajstić information content (AvgIpc) is 2.33. The van der Waals surface area contributed by atoms with Crippen molar-refractivity contribution >= 4 is 17.3 Å². The molecule has 0 aromatic carbocycles. The Morgan fingerprint density at radius 2 is 2.28 bits per heavy atom. The SMILES string of the molecule is CC(C)n1ncc(NCCOCCO)c(Cl)c1=O. The Morgan fingerprint density at radius 3 is 2.89 bits per heavy atom. The molecule has 1 heterocycles. The third kappa shape index (κ3) is 3.97. The van der Waals surface area contributed by atoms with Crippen LogP contribution in [0.3, 0.4) is 0 Å². The highest BCUT2D eigenvalue weighted by molar-refractivity contribution is 6.32. The van der Waals surface area contributed by atoms with Gasteiger partial charge in [-0.3, -0.25) is 4.79 Å². The van der Waals surface area contributed by atoms with E-state index >= 15 is 0 Å². The van der Waals surface area contributed by atoms with Crippen molar-refractivity contribution in [3.05, 3.63) is 21.6 Å². The zero-order chi connectivity index (χ0) is 13.5. The Labute approximate surface area is 111 Å². The summed E-state index contributed by atoms with van der Waals surface area (Å²) in [4.78, 5) is 11.8. The number of nitrogens with zero attached hydrogens (tertiary/aromatic N) is 2. The normalized spacial score (nSPS) is 10.9. The lowest BCUT2D eigenvalue weighted by molar-refractivity contribution is 0.0992. The lowest BCUT2D eigenvalue weighted by Crippen LogP contribution is -2.26. The van der Waals surface area contributed by atoms with E-state index in [0.717, 1.165) is 0 Å². The molecule has 0 spiro atoms. The summed E-state index contributed by atoms with van der Waals surface area (Å²) in [6.07, 6.45) is 1.52. The number of anilines is 1. The van der Waals surface area contributed by atoms with Crippen LogP contribution in [0.5, 0.6) is 0 Å². The molecule has 7 heteroatoms. The molecule has 0 atom stereocenters. The molecule has 0 amide bonds. The number of hydrogen-bond acceptors (Lipinski definition) is 5. The van der Waals surface area contributed by atoms with Crippen molar-refractivity contribution in [3.8, 4) is 0 Å². The molecule has 6 nitrogen and oxygen atoms in total. The molecule has 0 unspecified atom stereocenters. The number of nitrogens with one attached hydrogen (secondary N) is 1. The van der Waals surface area contributed by atoms with Crippen LogP contribution in [0, 0.1) is 0 Å². The summed E-state index contributed by atoms with van der Waals surface area (Å²) in [6, 6.07) is -0.0306. The van der Waals surface area contributed by atoms with Gasteiger partial charge >= 0.3 is 0 Å². The van der Waals surface area contributed by atoms with Gasteiger partial charge in [0.05, 0.1) is 37.7 Å². The van der Waals surface area contributed by atoms with Crippen LogP contribution in [0.1, 0.15) is 19.9 Å². The van der Waals surface area contributed by atoms with Crippen molar-refractivity contribution in [2.24, 2.45) is 0 Å². The molecule has 2 N–H and O–H groups in total. The number of rotatable bonds is 7. The van der Waals surface area contributed by atoms with Crippen LogP contribution < -0.4 is 10.9 Å². The molecule has 0 saturated heterocycles. The highest BCUT2D eigenvalue weighted by atomic mass is 35.5. The van der Waals surface area contributed by atoms with E-state index in [-0.39, 0.29) is 23.2 Å². The number of hydrogen-bond donors (Lipinski definition) is 2. The van der Waals surface area contributed by atoms with Crippen LogP contribution in [-0.2, 0) is 4.74 Å². The summed E-state index contributed by atoms with van der Waals surface area (Å²) >= 11 is 5.97. The second-order valence-electron chi connectivity index (χ2n) is 3.98. The maximum atomic E-state index is 11.8. The average molecular weight is 276 g/mol. The van der Waals surface area contributed by atoms with E-state index in [1.54, 1.807) is 0 Å². The highest BCUT2D eigenvalue weighted by Gasteiger charge is 2.10. The van der Waals surface area contributed by atoms with Crippen LogP contribution >= 0.6 is 11.6 Å². The van der Waals surface area contributed by atoms with Gasteiger partial charge < -0.3 is 15.2 Å². The molecule has 102 valence electrons. The predicted octanol–water partition coefficient (Wildman–Crippen LogP) is 0.898.